The van der Waals surface area contributed by atoms with Crippen molar-refractivity contribution in [2.24, 2.45) is 0 Å². The molecule has 4 rings (SSSR count). The first kappa shape index (κ1) is 19.5. The summed E-state index contributed by atoms with van der Waals surface area (Å²) in [6.45, 7) is 0. The van der Waals surface area contributed by atoms with Crippen molar-refractivity contribution in [1.29, 1.82) is 5.26 Å². The number of H-pyrrole nitrogens is 1. The summed E-state index contributed by atoms with van der Waals surface area (Å²) in [6, 6.07) is 9.92. The standard InChI is InChI=1S/C19H9ClF3N5O2/c20-13-3-1-10(26-18(29)15-4-2-11(7-24)30-15)6-12(13)16-27-14-5-9(19(21,22)23)8-25-17(14)28-16/h1-6,8H,(H,26,29)(H,25,27,28). The number of pyridine rings is 1. The van der Waals surface area contributed by atoms with Crippen LogP contribution in [0.2, 0.25) is 5.02 Å². The number of hydrogen-bond donors (Lipinski definition) is 2. The van der Waals surface area contributed by atoms with E-state index in [1.165, 1.54) is 30.3 Å². The molecule has 3 heterocycles. The number of nitriles is 1. The molecule has 0 aliphatic heterocycles. The van der Waals surface area contributed by atoms with E-state index in [1.807, 2.05) is 0 Å². The highest BCUT2D eigenvalue weighted by Gasteiger charge is 2.31. The van der Waals surface area contributed by atoms with Crippen LogP contribution in [0.1, 0.15) is 21.9 Å². The zero-order valence-electron chi connectivity index (χ0n) is 14.7. The predicted octanol–water partition coefficient (Wildman–Crippen LogP) is 5.01. The lowest BCUT2D eigenvalue weighted by Crippen LogP contribution is -2.10. The van der Waals surface area contributed by atoms with E-state index in [2.05, 4.69) is 20.3 Å². The maximum absolute atomic E-state index is 12.9. The molecule has 150 valence electrons. The molecule has 0 aliphatic rings. The number of alkyl halides is 3. The number of halogens is 4. The number of amides is 1. The van der Waals surface area contributed by atoms with Gasteiger partial charge in [0.25, 0.3) is 5.91 Å². The van der Waals surface area contributed by atoms with Crippen LogP contribution in [0, 0.1) is 11.3 Å². The Morgan fingerprint density at radius 2 is 2.03 bits per heavy atom. The van der Waals surface area contributed by atoms with Crippen LogP contribution in [0.5, 0.6) is 0 Å². The Morgan fingerprint density at radius 3 is 2.73 bits per heavy atom. The molecule has 7 nitrogen and oxygen atoms in total. The normalized spacial score (nSPS) is 11.4. The molecule has 1 aromatic carbocycles. The molecule has 0 saturated carbocycles. The SMILES string of the molecule is N#Cc1ccc(C(=O)Nc2ccc(Cl)c(-c3nc4ncc(C(F)(F)F)cc4[nH]3)c2)o1. The molecule has 0 radical (unpaired) electrons. The first-order valence-electron chi connectivity index (χ1n) is 8.29. The molecule has 4 aromatic rings. The molecular formula is C19H9ClF3N5O2. The Balaban J connectivity index is 1.66. The monoisotopic (exact) mass is 431 g/mol. The van der Waals surface area contributed by atoms with E-state index in [1.54, 1.807) is 6.07 Å². The molecule has 0 spiro atoms. The van der Waals surface area contributed by atoms with Gasteiger partial charge in [-0.2, -0.15) is 18.4 Å². The Kier molecular flexibility index (Phi) is 4.67. The van der Waals surface area contributed by atoms with Crippen LogP contribution < -0.4 is 5.32 Å². The van der Waals surface area contributed by atoms with Crippen molar-refractivity contribution in [3.8, 4) is 17.5 Å². The van der Waals surface area contributed by atoms with Crippen LogP contribution in [0.25, 0.3) is 22.6 Å². The van der Waals surface area contributed by atoms with E-state index in [9.17, 15) is 18.0 Å². The largest absolute Gasteiger partial charge is 0.440 e. The average Bonchev–Trinajstić information content (AvgIpc) is 3.35. The van der Waals surface area contributed by atoms with Gasteiger partial charge in [0.15, 0.2) is 11.4 Å². The third-order valence-corrected chi connectivity index (χ3v) is 4.41. The van der Waals surface area contributed by atoms with Gasteiger partial charge >= 0.3 is 6.18 Å². The van der Waals surface area contributed by atoms with Crippen LogP contribution in [0.15, 0.2) is 47.0 Å². The minimum atomic E-state index is -4.54. The van der Waals surface area contributed by atoms with E-state index in [4.69, 9.17) is 21.3 Å². The fraction of sp³-hybridized carbons (Fsp3) is 0.0526. The Bertz CT molecular complexity index is 1320. The van der Waals surface area contributed by atoms with Crippen LogP contribution >= 0.6 is 11.6 Å². The Morgan fingerprint density at radius 1 is 1.23 bits per heavy atom. The maximum atomic E-state index is 12.9. The third kappa shape index (κ3) is 3.70. The number of anilines is 1. The zero-order valence-corrected chi connectivity index (χ0v) is 15.5. The lowest BCUT2D eigenvalue weighted by atomic mass is 10.2. The minimum Gasteiger partial charge on any atom is -0.440 e. The molecule has 3 aromatic heterocycles. The maximum Gasteiger partial charge on any atom is 0.417 e. The summed E-state index contributed by atoms with van der Waals surface area (Å²) < 4.78 is 43.7. The fourth-order valence-electron chi connectivity index (χ4n) is 2.68. The number of rotatable bonds is 3. The van der Waals surface area contributed by atoms with Crippen LogP contribution in [0.4, 0.5) is 18.9 Å². The molecule has 0 bridgehead atoms. The van der Waals surface area contributed by atoms with Gasteiger partial charge in [-0.05, 0) is 36.4 Å². The van der Waals surface area contributed by atoms with Crippen molar-refractivity contribution in [3.63, 3.8) is 0 Å². The number of nitrogens with zero attached hydrogens (tertiary/aromatic N) is 3. The summed E-state index contributed by atoms with van der Waals surface area (Å²) in [5.74, 6) is -0.478. The van der Waals surface area contributed by atoms with Crippen molar-refractivity contribution in [2.75, 3.05) is 5.32 Å². The van der Waals surface area contributed by atoms with Gasteiger partial charge in [-0.15, -0.1) is 0 Å². The predicted molar refractivity (Wildman–Crippen MR) is 101 cm³/mol. The first-order valence-corrected chi connectivity index (χ1v) is 8.66. The molecule has 30 heavy (non-hydrogen) atoms. The van der Waals surface area contributed by atoms with Gasteiger partial charge in [0, 0.05) is 17.4 Å². The Hall–Kier alpha value is -3.84. The summed E-state index contributed by atoms with van der Waals surface area (Å²) in [4.78, 5) is 22.9. The molecule has 11 heteroatoms. The number of hydrogen-bond acceptors (Lipinski definition) is 5. The number of furan rings is 1. The highest BCUT2D eigenvalue weighted by Crippen LogP contribution is 2.33. The highest BCUT2D eigenvalue weighted by molar-refractivity contribution is 6.33. The molecule has 0 fully saturated rings. The van der Waals surface area contributed by atoms with E-state index in [0.29, 0.717) is 17.4 Å². The molecular weight excluding hydrogens is 423 g/mol. The van der Waals surface area contributed by atoms with E-state index < -0.39 is 17.6 Å². The zero-order chi connectivity index (χ0) is 21.5. The van der Waals surface area contributed by atoms with Crippen molar-refractivity contribution < 1.29 is 22.4 Å². The number of carbonyl (C=O) groups excluding carboxylic acids is 1. The van der Waals surface area contributed by atoms with E-state index in [-0.39, 0.29) is 33.5 Å². The van der Waals surface area contributed by atoms with Gasteiger partial charge in [0.2, 0.25) is 5.76 Å². The number of aromatic nitrogens is 3. The summed E-state index contributed by atoms with van der Waals surface area (Å²) in [5.41, 5.74) is -0.0579. The second-order valence-electron chi connectivity index (χ2n) is 6.10. The van der Waals surface area contributed by atoms with Gasteiger partial charge in [-0.1, -0.05) is 11.6 Å². The number of carbonyl (C=O) groups is 1. The van der Waals surface area contributed by atoms with Crippen molar-refractivity contribution in [3.05, 3.63) is 64.7 Å². The Labute approximate surface area is 171 Å². The van der Waals surface area contributed by atoms with Crippen LogP contribution in [-0.2, 0) is 6.18 Å². The molecule has 0 unspecified atom stereocenters. The number of nitrogens with one attached hydrogen (secondary N) is 2. The third-order valence-electron chi connectivity index (χ3n) is 4.08. The average molecular weight is 432 g/mol. The number of fused-ring (bicyclic) bond motifs is 1. The van der Waals surface area contributed by atoms with Gasteiger partial charge in [-0.25, -0.2) is 9.97 Å². The molecule has 0 atom stereocenters. The first-order chi connectivity index (χ1) is 14.2. The summed E-state index contributed by atoms with van der Waals surface area (Å²) >= 11 is 6.21. The van der Waals surface area contributed by atoms with Crippen LogP contribution in [-0.4, -0.2) is 20.9 Å². The second-order valence-corrected chi connectivity index (χ2v) is 6.51. The van der Waals surface area contributed by atoms with Crippen molar-refractivity contribution in [2.45, 2.75) is 6.18 Å². The summed E-state index contributed by atoms with van der Waals surface area (Å²) in [6.07, 6.45) is -3.84. The van der Waals surface area contributed by atoms with E-state index >= 15 is 0 Å². The van der Waals surface area contributed by atoms with E-state index in [0.717, 1.165) is 6.07 Å². The number of aromatic amines is 1. The fourth-order valence-corrected chi connectivity index (χ4v) is 2.89. The van der Waals surface area contributed by atoms with Gasteiger partial charge in [0.05, 0.1) is 16.1 Å². The molecule has 1 amide bonds. The van der Waals surface area contributed by atoms with Crippen molar-refractivity contribution in [1.82, 2.24) is 15.0 Å². The lowest BCUT2D eigenvalue weighted by Gasteiger charge is -2.07. The quantitative estimate of drug-likeness (QED) is 0.474. The molecule has 0 saturated heterocycles. The molecule has 2 N–H and O–H groups in total. The summed E-state index contributed by atoms with van der Waals surface area (Å²) in [5, 5.41) is 11.6. The second kappa shape index (κ2) is 7.20. The number of imidazole rings is 1. The minimum absolute atomic E-state index is 0.00931. The lowest BCUT2D eigenvalue weighted by molar-refractivity contribution is -0.137. The van der Waals surface area contributed by atoms with Crippen LogP contribution in [0.3, 0.4) is 0 Å². The van der Waals surface area contributed by atoms with Gasteiger partial charge in [-0.3, -0.25) is 4.79 Å². The smallest absolute Gasteiger partial charge is 0.417 e. The molecule has 0 aliphatic carbocycles. The van der Waals surface area contributed by atoms with Gasteiger partial charge < -0.3 is 14.7 Å². The van der Waals surface area contributed by atoms with Crippen molar-refractivity contribution >= 4 is 34.4 Å². The topological polar surface area (TPSA) is 108 Å². The summed E-state index contributed by atoms with van der Waals surface area (Å²) in [7, 11) is 0. The highest BCUT2D eigenvalue weighted by atomic mass is 35.5. The number of benzene rings is 1. The van der Waals surface area contributed by atoms with Gasteiger partial charge in [0.1, 0.15) is 11.9 Å².